The average Bonchev–Trinajstić information content (AvgIpc) is 2.58. The lowest BCUT2D eigenvalue weighted by Gasteiger charge is -2.42. The van der Waals surface area contributed by atoms with Crippen LogP contribution >= 0.6 is 0 Å². The zero-order valence-electron chi connectivity index (χ0n) is 17.7. The van der Waals surface area contributed by atoms with Crippen molar-refractivity contribution < 1.29 is 18.8 Å². The molecule has 0 spiro atoms. The highest BCUT2D eigenvalue weighted by Gasteiger charge is 2.40. The number of likely N-dealkylation sites (tertiary alicyclic amines) is 1. The summed E-state index contributed by atoms with van der Waals surface area (Å²) >= 11 is 0. The van der Waals surface area contributed by atoms with Gasteiger partial charge >= 0.3 is 6.09 Å². The molecule has 1 aromatic heterocycles. The maximum Gasteiger partial charge on any atom is 0.410 e. The Morgan fingerprint density at radius 3 is 2.21 bits per heavy atom. The lowest BCUT2D eigenvalue weighted by Crippen LogP contribution is -2.52. The number of hydrogen-bond donors (Lipinski definition) is 0. The first-order chi connectivity index (χ1) is 12.9. The number of carbonyl (C=O) groups is 2. The highest BCUT2D eigenvalue weighted by Crippen LogP contribution is 2.30. The molecule has 0 unspecified atom stereocenters. The number of ether oxygens (including phenoxy) is 1. The first kappa shape index (κ1) is 22.1. The zero-order chi connectivity index (χ0) is 21.0. The van der Waals surface area contributed by atoms with Crippen molar-refractivity contribution in [3.63, 3.8) is 0 Å². The second-order valence-electron chi connectivity index (χ2n) is 8.99. The predicted molar refractivity (Wildman–Crippen MR) is 111 cm³/mol. The molecule has 152 valence electrons. The molecule has 0 N–H and O–H groups in total. The van der Waals surface area contributed by atoms with Crippen molar-refractivity contribution in [3.05, 3.63) is 30.1 Å². The Morgan fingerprint density at radius 2 is 1.71 bits per heavy atom. The fourth-order valence-electron chi connectivity index (χ4n) is 2.96. The number of rotatable bonds is 3. The SMILES string of the molecule is CC(C)(C)OC(=O)N1CCC(C#CC(=O)c2ccncc2)(O[Si](C)(C)C)CC1. The van der Waals surface area contributed by atoms with Crippen molar-refractivity contribution >= 4 is 20.2 Å². The Hall–Kier alpha value is -2.17. The van der Waals surface area contributed by atoms with E-state index in [1.165, 1.54) is 0 Å². The van der Waals surface area contributed by atoms with Crippen molar-refractivity contribution in [3.8, 4) is 11.8 Å². The molecule has 1 amide bonds. The van der Waals surface area contributed by atoms with E-state index in [1.807, 2.05) is 20.8 Å². The summed E-state index contributed by atoms with van der Waals surface area (Å²) in [5.41, 5.74) is -0.736. The van der Waals surface area contributed by atoms with Gasteiger partial charge in [0.2, 0.25) is 5.78 Å². The minimum atomic E-state index is -1.91. The van der Waals surface area contributed by atoms with E-state index in [0.717, 1.165) is 0 Å². The summed E-state index contributed by atoms with van der Waals surface area (Å²) in [5, 5.41) is 0. The zero-order valence-corrected chi connectivity index (χ0v) is 18.7. The summed E-state index contributed by atoms with van der Waals surface area (Å²) in [4.78, 5) is 30.3. The first-order valence-electron chi connectivity index (χ1n) is 9.55. The fourth-order valence-corrected chi connectivity index (χ4v) is 4.39. The maximum atomic E-state index is 12.4. The van der Waals surface area contributed by atoms with Crippen LogP contribution < -0.4 is 0 Å². The molecule has 1 saturated heterocycles. The minimum Gasteiger partial charge on any atom is -0.444 e. The van der Waals surface area contributed by atoms with Gasteiger partial charge in [0.15, 0.2) is 8.32 Å². The van der Waals surface area contributed by atoms with E-state index in [-0.39, 0.29) is 11.9 Å². The van der Waals surface area contributed by atoms with Gasteiger partial charge < -0.3 is 14.1 Å². The minimum absolute atomic E-state index is 0.254. The highest BCUT2D eigenvalue weighted by atomic mass is 28.4. The molecule has 1 fully saturated rings. The van der Waals surface area contributed by atoms with Gasteiger partial charge in [-0.05, 0) is 58.5 Å². The summed E-state index contributed by atoms with van der Waals surface area (Å²) in [6.45, 7) is 12.8. The standard InChI is InChI=1S/C21H30N2O4Si/c1-20(2,3)26-19(25)23-15-11-21(12-16-23,27-28(4,5)6)10-7-18(24)17-8-13-22-14-9-17/h8-9,13-14H,11-12,15-16H2,1-6H3. The van der Waals surface area contributed by atoms with Gasteiger partial charge in [-0.15, -0.1) is 0 Å². The van der Waals surface area contributed by atoms with E-state index in [9.17, 15) is 9.59 Å². The van der Waals surface area contributed by atoms with E-state index >= 15 is 0 Å². The van der Waals surface area contributed by atoms with E-state index < -0.39 is 19.5 Å². The lowest BCUT2D eigenvalue weighted by atomic mass is 9.92. The topological polar surface area (TPSA) is 68.7 Å². The largest absolute Gasteiger partial charge is 0.444 e. The Morgan fingerprint density at radius 1 is 1.14 bits per heavy atom. The van der Waals surface area contributed by atoms with Crippen molar-refractivity contribution in [1.82, 2.24) is 9.88 Å². The Bertz CT molecular complexity index is 762. The average molecular weight is 403 g/mol. The number of aromatic nitrogens is 1. The molecule has 1 aromatic rings. The van der Waals surface area contributed by atoms with Crippen LogP contribution in [0.1, 0.15) is 44.0 Å². The highest BCUT2D eigenvalue weighted by molar-refractivity contribution is 6.69. The molecule has 0 radical (unpaired) electrons. The summed E-state index contributed by atoms with van der Waals surface area (Å²) in [7, 11) is -1.91. The lowest BCUT2D eigenvalue weighted by molar-refractivity contribution is 0.000118. The van der Waals surface area contributed by atoms with Crippen molar-refractivity contribution in [2.45, 2.75) is 64.5 Å². The molecule has 1 aliphatic rings. The van der Waals surface area contributed by atoms with Crippen LogP contribution in [0.2, 0.25) is 19.6 Å². The number of ketones is 1. The van der Waals surface area contributed by atoms with Crippen LogP contribution in [0, 0.1) is 11.8 Å². The number of hydrogen-bond acceptors (Lipinski definition) is 5. The van der Waals surface area contributed by atoms with Crippen LogP contribution in [-0.4, -0.2) is 54.4 Å². The van der Waals surface area contributed by atoms with Crippen LogP contribution in [0.5, 0.6) is 0 Å². The van der Waals surface area contributed by atoms with Crippen LogP contribution in [0.4, 0.5) is 4.79 Å². The van der Waals surface area contributed by atoms with Crippen molar-refractivity contribution in [2.75, 3.05) is 13.1 Å². The second-order valence-corrected chi connectivity index (χ2v) is 13.4. The predicted octanol–water partition coefficient (Wildman–Crippen LogP) is 3.89. The van der Waals surface area contributed by atoms with E-state index in [4.69, 9.17) is 9.16 Å². The molecule has 1 aliphatic heterocycles. The number of carbonyl (C=O) groups excluding carboxylic acids is 2. The Balaban J connectivity index is 2.15. The summed E-state index contributed by atoms with van der Waals surface area (Å²) in [6.07, 6.45) is 3.92. The maximum absolute atomic E-state index is 12.4. The number of nitrogens with zero attached hydrogens (tertiary/aromatic N) is 2. The molecule has 0 aliphatic carbocycles. The molecule has 7 heteroatoms. The van der Waals surface area contributed by atoms with Crippen molar-refractivity contribution in [1.29, 1.82) is 0 Å². The molecular formula is C21H30N2O4Si. The molecule has 0 aromatic carbocycles. The third kappa shape index (κ3) is 6.77. The molecule has 2 rings (SSSR count). The molecule has 6 nitrogen and oxygen atoms in total. The number of Topliss-reactive ketones (excluding diaryl/α,β-unsaturated/α-hetero) is 1. The first-order valence-corrected chi connectivity index (χ1v) is 13.0. The third-order valence-corrected chi connectivity index (χ3v) is 5.07. The van der Waals surface area contributed by atoms with Gasteiger partial charge in [-0.1, -0.05) is 5.92 Å². The summed E-state index contributed by atoms with van der Waals surface area (Å²) < 4.78 is 11.9. The van der Waals surface area contributed by atoms with Gasteiger partial charge in [0, 0.05) is 43.9 Å². The normalized spacial score (nSPS) is 16.7. The summed E-state index contributed by atoms with van der Waals surface area (Å²) in [6, 6.07) is 3.29. The molecule has 2 heterocycles. The molecule has 28 heavy (non-hydrogen) atoms. The van der Waals surface area contributed by atoms with Crippen LogP contribution in [0.3, 0.4) is 0 Å². The van der Waals surface area contributed by atoms with Gasteiger partial charge in [-0.3, -0.25) is 9.78 Å². The molecule has 0 atom stereocenters. The van der Waals surface area contributed by atoms with Gasteiger partial charge in [0.25, 0.3) is 0 Å². The quantitative estimate of drug-likeness (QED) is 0.332. The van der Waals surface area contributed by atoms with Gasteiger partial charge in [-0.2, -0.15) is 0 Å². The smallest absolute Gasteiger partial charge is 0.410 e. The molecule has 0 saturated carbocycles. The van der Waals surface area contributed by atoms with E-state index in [2.05, 4.69) is 36.5 Å². The van der Waals surface area contributed by atoms with E-state index in [1.54, 1.807) is 29.4 Å². The number of pyridine rings is 1. The van der Waals surface area contributed by atoms with Gasteiger partial charge in [-0.25, -0.2) is 4.79 Å². The van der Waals surface area contributed by atoms with Gasteiger partial charge in [0.05, 0.1) is 0 Å². The number of piperidine rings is 1. The van der Waals surface area contributed by atoms with Gasteiger partial charge in [0.1, 0.15) is 11.2 Å². The van der Waals surface area contributed by atoms with Crippen LogP contribution in [0.15, 0.2) is 24.5 Å². The monoisotopic (exact) mass is 402 g/mol. The van der Waals surface area contributed by atoms with Crippen LogP contribution in [-0.2, 0) is 9.16 Å². The Labute approximate surface area is 168 Å². The Kier molecular flexibility index (Phi) is 6.68. The molecular weight excluding hydrogens is 372 g/mol. The summed E-state index contributed by atoms with van der Waals surface area (Å²) in [5.74, 6) is 5.62. The van der Waals surface area contributed by atoms with Crippen LogP contribution in [0.25, 0.3) is 0 Å². The van der Waals surface area contributed by atoms with Crippen molar-refractivity contribution in [2.24, 2.45) is 0 Å². The molecule has 0 bridgehead atoms. The second kappa shape index (κ2) is 8.46. The van der Waals surface area contributed by atoms with E-state index in [0.29, 0.717) is 31.5 Å². The third-order valence-electron chi connectivity index (χ3n) is 4.07. The fraction of sp³-hybridized carbons (Fsp3) is 0.571. The number of amides is 1.